The normalized spacial score (nSPS) is 17.6. The van der Waals surface area contributed by atoms with Crippen molar-refractivity contribution in [2.45, 2.75) is 12.3 Å². The highest BCUT2D eigenvalue weighted by atomic mass is 16.5. The van der Waals surface area contributed by atoms with Gasteiger partial charge in [0.25, 0.3) is 0 Å². The van der Waals surface area contributed by atoms with Gasteiger partial charge < -0.3 is 23.8 Å². The van der Waals surface area contributed by atoms with Crippen molar-refractivity contribution in [2.24, 2.45) is 0 Å². The fourth-order valence-electron chi connectivity index (χ4n) is 4.98. The summed E-state index contributed by atoms with van der Waals surface area (Å²) in [7, 11) is 5.11. The Hall–Kier alpha value is -3.44. The second-order valence-electron chi connectivity index (χ2n) is 8.67. The van der Waals surface area contributed by atoms with E-state index in [0.717, 1.165) is 61.1 Å². The molecule has 0 bridgehead atoms. The Morgan fingerprint density at radius 1 is 0.824 bits per heavy atom. The smallest absolute Gasteiger partial charge is 0.126 e. The van der Waals surface area contributed by atoms with Crippen molar-refractivity contribution in [3.63, 3.8) is 0 Å². The van der Waals surface area contributed by atoms with Crippen LogP contribution in [0, 0.1) is 0 Å². The Labute approximate surface area is 201 Å². The lowest BCUT2D eigenvalue weighted by Crippen LogP contribution is -2.36. The molecule has 0 N–H and O–H groups in total. The quantitative estimate of drug-likeness (QED) is 0.501. The van der Waals surface area contributed by atoms with E-state index in [4.69, 9.17) is 18.9 Å². The van der Waals surface area contributed by atoms with Crippen molar-refractivity contribution >= 4 is 11.3 Å². The van der Waals surface area contributed by atoms with Crippen LogP contribution in [0.1, 0.15) is 28.2 Å². The lowest BCUT2D eigenvalue weighted by molar-refractivity contribution is 0.122. The van der Waals surface area contributed by atoms with E-state index in [1.165, 1.54) is 22.4 Å². The van der Waals surface area contributed by atoms with E-state index in [1.54, 1.807) is 21.3 Å². The maximum atomic E-state index is 5.77. The van der Waals surface area contributed by atoms with Crippen molar-refractivity contribution in [3.05, 3.63) is 89.0 Å². The molecule has 3 aromatic carbocycles. The lowest BCUT2D eigenvalue weighted by Gasteiger charge is -2.31. The molecule has 5 heteroatoms. The highest BCUT2D eigenvalue weighted by Gasteiger charge is 2.25. The molecule has 34 heavy (non-hydrogen) atoms. The Bertz CT molecular complexity index is 1200. The minimum Gasteiger partial charge on any atom is -0.497 e. The van der Waals surface area contributed by atoms with Gasteiger partial charge in [-0.25, -0.2) is 0 Å². The Balaban J connectivity index is 1.61. The van der Waals surface area contributed by atoms with Gasteiger partial charge in [0.05, 0.1) is 34.5 Å². The molecule has 0 aromatic heterocycles. The van der Waals surface area contributed by atoms with Crippen molar-refractivity contribution in [1.29, 1.82) is 0 Å². The zero-order chi connectivity index (χ0) is 23.5. The summed E-state index contributed by atoms with van der Waals surface area (Å²) in [5.74, 6) is 2.67. The zero-order valence-electron chi connectivity index (χ0n) is 20.0. The number of benzene rings is 3. The maximum absolute atomic E-state index is 5.77. The minimum absolute atomic E-state index is 0.175. The van der Waals surface area contributed by atoms with Gasteiger partial charge in [0.1, 0.15) is 17.2 Å². The first-order chi connectivity index (χ1) is 16.7. The van der Waals surface area contributed by atoms with Crippen LogP contribution in [0.4, 0.5) is 5.69 Å². The molecule has 0 amide bonds. The van der Waals surface area contributed by atoms with Gasteiger partial charge in [-0.2, -0.15) is 0 Å². The molecule has 0 spiro atoms. The maximum Gasteiger partial charge on any atom is 0.126 e. The number of hydrogen-bond donors (Lipinski definition) is 0. The van der Waals surface area contributed by atoms with E-state index in [9.17, 15) is 0 Å². The average molecular weight is 458 g/mol. The highest BCUT2D eigenvalue weighted by molar-refractivity contribution is 5.85. The van der Waals surface area contributed by atoms with Crippen LogP contribution in [0.2, 0.25) is 0 Å². The molecule has 2 aliphatic rings. The van der Waals surface area contributed by atoms with Gasteiger partial charge in [-0.3, -0.25) is 0 Å². The summed E-state index contributed by atoms with van der Waals surface area (Å²) in [4.78, 5) is 2.41. The monoisotopic (exact) mass is 457 g/mol. The fourth-order valence-corrected chi connectivity index (χ4v) is 4.98. The van der Waals surface area contributed by atoms with Crippen LogP contribution in [-0.2, 0) is 11.2 Å². The number of nitrogens with zero attached hydrogens (tertiary/aromatic N) is 1. The second-order valence-corrected chi connectivity index (χ2v) is 8.67. The van der Waals surface area contributed by atoms with Crippen LogP contribution in [0.15, 0.2) is 66.7 Å². The summed E-state index contributed by atoms with van der Waals surface area (Å²) in [5.41, 5.74) is 7.40. The lowest BCUT2D eigenvalue weighted by atomic mass is 9.78. The first kappa shape index (κ1) is 22.4. The number of ether oxygens (including phenoxy) is 4. The molecular formula is C29H31NO4. The largest absolute Gasteiger partial charge is 0.497 e. The molecule has 1 fully saturated rings. The van der Waals surface area contributed by atoms with Crippen LogP contribution in [0.5, 0.6) is 17.2 Å². The molecule has 1 heterocycles. The number of hydrogen-bond acceptors (Lipinski definition) is 5. The SMILES string of the molecule is COc1cccc(C2=CC(c3ccc(OC)cc3OC)Cc3cc(N4CCOCC4)ccc32)c1. The molecule has 0 radical (unpaired) electrons. The van der Waals surface area contributed by atoms with Crippen molar-refractivity contribution < 1.29 is 18.9 Å². The van der Waals surface area contributed by atoms with E-state index in [2.05, 4.69) is 47.4 Å². The van der Waals surface area contributed by atoms with Crippen LogP contribution >= 0.6 is 0 Å². The van der Waals surface area contributed by atoms with Crippen LogP contribution in [0.25, 0.3) is 5.57 Å². The average Bonchev–Trinajstić information content (AvgIpc) is 2.92. The van der Waals surface area contributed by atoms with Gasteiger partial charge in [0, 0.05) is 36.3 Å². The first-order valence-corrected chi connectivity index (χ1v) is 11.7. The van der Waals surface area contributed by atoms with Gasteiger partial charge >= 0.3 is 0 Å². The molecule has 1 atom stereocenters. The van der Waals surface area contributed by atoms with E-state index in [-0.39, 0.29) is 5.92 Å². The van der Waals surface area contributed by atoms with Crippen LogP contribution in [0.3, 0.4) is 0 Å². The van der Waals surface area contributed by atoms with E-state index < -0.39 is 0 Å². The topological polar surface area (TPSA) is 40.2 Å². The van der Waals surface area contributed by atoms with E-state index in [1.807, 2.05) is 24.3 Å². The Morgan fingerprint density at radius 3 is 2.38 bits per heavy atom. The molecule has 1 unspecified atom stereocenters. The second kappa shape index (κ2) is 9.82. The number of anilines is 1. The summed E-state index contributed by atoms with van der Waals surface area (Å²) in [5, 5.41) is 0. The van der Waals surface area contributed by atoms with Gasteiger partial charge in [-0.05, 0) is 59.0 Å². The number of methoxy groups -OCH3 is 3. The minimum atomic E-state index is 0.175. The van der Waals surface area contributed by atoms with Crippen molar-refractivity contribution in [3.8, 4) is 17.2 Å². The predicted molar refractivity (Wildman–Crippen MR) is 136 cm³/mol. The molecule has 5 nitrogen and oxygen atoms in total. The number of allylic oxidation sites excluding steroid dienone is 1. The first-order valence-electron chi connectivity index (χ1n) is 11.7. The van der Waals surface area contributed by atoms with Crippen LogP contribution < -0.4 is 19.1 Å². The Kier molecular flexibility index (Phi) is 6.45. The predicted octanol–water partition coefficient (Wildman–Crippen LogP) is 5.32. The highest BCUT2D eigenvalue weighted by Crippen LogP contribution is 2.43. The number of fused-ring (bicyclic) bond motifs is 1. The third-order valence-corrected chi connectivity index (χ3v) is 6.78. The molecule has 1 saturated heterocycles. The van der Waals surface area contributed by atoms with Gasteiger partial charge in [-0.15, -0.1) is 0 Å². The summed E-state index contributed by atoms with van der Waals surface area (Å²) in [6, 6.07) is 21.3. The molecular weight excluding hydrogens is 426 g/mol. The number of morpholine rings is 1. The summed E-state index contributed by atoms with van der Waals surface area (Å²) in [6.07, 6.45) is 3.28. The molecule has 5 rings (SSSR count). The van der Waals surface area contributed by atoms with Crippen molar-refractivity contribution in [1.82, 2.24) is 0 Å². The molecule has 3 aromatic rings. The number of rotatable bonds is 6. The third-order valence-electron chi connectivity index (χ3n) is 6.78. The van der Waals surface area contributed by atoms with E-state index >= 15 is 0 Å². The Morgan fingerprint density at radius 2 is 1.62 bits per heavy atom. The van der Waals surface area contributed by atoms with Gasteiger partial charge in [-0.1, -0.05) is 30.3 Å². The summed E-state index contributed by atoms with van der Waals surface area (Å²) in [6.45, 7) is 3.40. The molecule has 176 valence electrons. The van der Waals surface area contributed by atoms with Crippen LogP contribution in [-0.4, -0.2) is 47.6 Å². The molecule has 1 aliphatic heterocycles. The van der Waals surface area contributed by atoms with Crippen molar-refractivity contribution in [2.75, 3.05) is 52.5 Å². The van der Waals surface area contributed by atoms with Gasteiger partial charge in [0.2, 0.25) is 0 Å². The standard InChI is InChI=1S/C29H31NO4/c1-31-24-6-4-5-20(17-24)28-18-22(27-10-8-25(32-2)19-29(27)33-3)15-21-16-23(7-9-26(21)28)30-11-13-34-14-12-30/h4-10,16-19,22H,11-15H2,1-3H3. The third kappa shape index (κ3) is 4.36. The molecule has 0 saturated carbocycles. The summed E-state index contributed by atoms with van der Waals surface area (Å²) < 4.78 is 22.3. The summed E-state index contributed by atoms with van der Waals surface area (Å²) >= 11 is 0. The van der Waals surface area contributed by atoms with E-state index in [0.29, 0.717) is 0 Å². The van der Waals surface area contributed by atoms with Gasteiger partial charge in [0.15, 0.2) is 0 Å². The zero-order valence-corrected chi connectivity index (χ0v) is 20.0. The molecule has 1 aliphatic carbocycles. The fraction of sp³-hybridized carbons (Fsp3) is 0.310.